The second-order valence-electron chi connectivity index (χ2n) is 2.12. The Morgan fingerprint density at radius 3 is 3.08 bits per heavy atom. The van der Waals surface area contributed by atoms with Crippen molar-refractivity contribution in [1.82, 2.24) is 4.98 Å². The summed E-state index contributed by atoms with van der Waals surface area (Å²) < 4.78 is 0. The van der Waals surface area contributed by atoms with Gasteiger partial charge < -0.3 is 5.11 Å². The number of nitriles is 1. The molecular formula is C7H6N2O2S2. The van der Waals surface area contributed by atoms with Gasteiger partial charge in [-0.05, 0) is 6.92 Å². The van der Waals surface area contributed by atoms with E-state index in [4.69, 9.17) is 10.4 Å². The monoisotopic (exact) mass is 214 g/mol. The first kappa shape index (κ1) is 10.0. The molecule has 1 heterocycles. The summed E-state index contributed by atoms with van der Waals surface area (Å²) in [6, 6.07) is 1.93. The average molecular weight is 214 g/mol. The van der Waals surface area contributed by atoms with Gasteiger partial charge in [0.2, 0.25) is 0 Å². The maximum absolute atomic E-state index is 10.7. The topological polar surface area (TPSA) is 74.0 Å². The molecule has 0 amide bonds. The number of thioether (sulfide) groups is 1. The molecule has 1 rings (SSSR count). The Bertz CT molecular complexity index is 367. The predicted molar refractivity (Wildman–Crippen MR) is 50.1 cm³/mol. The zero-order valence-corrected chi connectivity index (χ0v) is 8.41. The number of hydrogen-bond donors (Lipinski definition) is 1. The van der Waals surface area contributed by atoms with Crippen LogP contribution in [0.5, 0.6) is 0 Å². The number of aromatic nitrogens is 1. The number of aromatic carboxylic acids is 1. The zero-order chi connectivity index (χ0) is 9.84. The van der Waals surface area contributed by atoms with Crippen LogP contribution in [0.2, 0.25) is 0 Å². The van der Waals surface area contributed by atoms with Crippen LogP contribution in [0.3, 0.4) is 0 Å². The molecule has 0 aliphatic heterocycles. The molecule has 0 atom stereocenters. The van der Waals surface area contributed by atoms with E-state index in [9.17, 15) is 4.79 Å². The van der Waals surface area contributed by atoms with Crippen molar-refractivity contribution in [2.24, 2.45) is 0 Å². The number of carboxylic acids is 1. The molecule has 1 aromatic rings. The molecule has 0 aromatic carbocycles. The Morgan fingerprint density at radius 2 is 2.54 bits per heavy atom. The van der Waals surface area contributed by atoms with E-state index in [1.807, 2.05) is 6.07 Å². The van der Waals surface area contributed by atoms with Crippen LogP contribution in [0.4, 0.5) is 0 Å². The molecule has 0 saturated heterocycles. The second kappa shape index (κ2) is 4.25. The molecule has 1 N–H and O–H groups in total. The Morgan fingerprint density at radius 1 is 1.85 bits per heavy atom. The lowest BCUT2D eigenvalue weighted by Crippen LogP contribution is -1.94. The molecule has 0 fully saturated rings. The third kappa shape index (κ3) is 2.44. The molecule has 4 nitrogen and oxygen atoms in total. The highest BCUT2D eigenvalue weighted by Gasteiger charge is 2.15. The summed E-state index contributed by atoms with van der Waals surface area (Å²) in [5.41, 5.74) is 0. The third-order valence-corrected chi connectivity index (χ3v) is 3.10. The van der Waals surface area contributed by atoms with Gasteiger partial charge in [0.05, 0.1) is 16.8 Å². The van der Waals surface area contributed by atoms with E-state index in [0.717, 1.165) is 23.1 Å². The number of carboxylic acid groups (broad SMARTS) is 1. The van der Waals surface area contributed by atoms with E-state index in [0.29, 0.717) is 10.0 Å². The lowest BCUT2D eigenvalue weighted by molar-refractivity contribution is 0.0698. The summed E-state index contributed by atoms with van der Waals surface area (Å²) >= 11 is 2.29. The van der Waals surface area contributed by atoms with Crippen LogP contribution in [-0.4, -0.2) is 21.8 Å². The standard InChI is InChI=1S/C7H6N2O2S2/c1-4-9-6(12-3-2-8)5(13-4)7(10)11/h3H2,1H3,(H,10,11). The molecule has 0 bridgehead atoms. The fraction of sp³-hybridized carbons (Fsp3) is 0.286. The van der Waals surface area contributed by atoms with E-state index < -0.39 is 5.97 Å². The number of aryl methyl sites for hydroxylation is 1. The van der Waals surface area contributed by atoms with Crippen LogP contribution >= 0.6 is 23.1 Å². The van der Waals surface area contributed by atoms with Gasteiger partial charge in [-0.3, -0.25) is 0 Å². The maximum atomic E-state index is 10.7. The molecule has 0 aliphatic rings. The van der Waals surface area contributed by atoms with Gasteiger partial charge in [-0.15, -0.1) is 11.3 Å². The molecule has 0 radical (unpaired) electrons. The highest BCUT2D eigenvalue weighted by Crippen LogP contribution is 2.26. The van der Waals surface area contributed by atoms with E-state index in [-0.39, 0.29) is 10.6 Å². The van der Waals surface area contributed by atoms with Crippen molar-refractivity contribution in [3.8, 4) is 6.07 Å². The van der Waals surface area contributed by atoms with Crippen molar-refractivity contribution in [3.63, 3.8) is 0 Å². The molecule has 0 unspecified atom stereocenters. The van der Waals surface area contributed by atoms with Crippen LogP contribution in [0.25, 0.3) is 0 Å². The van der Waals surface area contributed by atoms with E-state index in [1.54, 1.807) is 6.92 Å². The van der Waals surface area contributed by atoms with Crippen LogP contribution in [0.1, 0.15) is 14.7 Å². The van der Waals surface area contributed by atoms with Gasteiger partial charge in [0.15, 0.2) is 0 Å². The van der Waals surface area contributed by atoms with Crippen molar-refractivity contribution in [2.45, 2.75) is 11.9 Å². The molecule has 0 spiro atoms. The average Bonchev–Trinajstić information content (AvgIpc) is 2.43. The molecule has 0 saturated carbocycles. The summed E-state index contributed by atoms with van der Waals surface area (Å²) in [5.74, 6) is -0.755. The first-order valence-corrected chi connectivity index (χ1v) is 5.16. The summed E-state index contributed by atoms with van der Waals surface area (Å²) in [5, 5.41) is 18.2. The minimum absolute atomic E-state index is 0.220. The van der Waals surface area contributed by atoms with Gasteiger partial charge in [-0.2, -0.15) is 5.26 Å². The largest absolute Gasteiger partial charge is 0.477 e. The summed E-state index contributed by atoms with van der Waals surface area (Å²) in [7, 11) is 0. The van der Waals surface area contributed by atoms with Crippen molar-refractivity contribution >= 4 is 29.1 Å². The third-order valence-electron chi connectivity index (χ3n) is 1.17. The molecule has 0 aliphatic carbocycles. The van der Waals surface area contributed by atoms with E-state index >= 15 is 0 Å². The van der Waals surface area contributed by atoms with Crippen LogP contribution < -0.4 is 0 Å². The van der Waals surface area contributed by atoms with Gasteiger partial charge in [0.25, 0.3) is 0 Å². The predicted octanol–water partition coefficient (Wildman–Crippen LogP) is 1.77. The second-order valence-corrected chi connectivity index (χ2v) is 4.29. The van der Waals surface area contributed by atoms with Crippen LogP contribution in [0.15, 0.2) is 5.03 Å². The van der Waals surface area contributed by atoms with Gasteiger partial charge in [0.1, 0.15) is 9.90 Å². The Balaban J connectivity index is 2.92. The smallest absolute Gasteiger partial charge is 0.348 e. The van der Waals surface area contributed by atoms with Crippen molar-refractivity contribution in [1.29, 1.82) is 5.26 Å². The van der Waals surface area contributed by atoms with E-state index in [2.05, 4.69) is 4.98 Å². The molecule has 6 heteroatoms. The molecule has 1 aromatic heterocycles. The Hall–Kier alpha value is -1.06. The zero-order valence-electron chi connectivity index (χ0n) is 6.77. The summed E-state index contributed by atoms with van der Waals surface area (Å²) in [6.07, 6.45) is 0. The van der Waals surface area contributed by atoms with Crippen molar-refractivity contribution in [2.75, 3.05) is 5.75 Å². The van der Waals surface area contributed by atoms with Gasteiger partial charge in [-0.1, -0.05) is 11.8 Å². The van der Waals surface area contributed by atoms with E-state index in [1.165, 1.54) is 0 Å². The number of thiazole rings is 1. The highest BCUT2D eigenvalue weighted by atomic mass is 32.2. The highest BCUT2D eigenvalue weighted by molar-refractivity contribution is 7.99. The molecular weight excluding hydrogens is 208 g/mol. The SMILES string of the molecule is Cc1nc(SCC#N)c(C(=O)O)s1. The van der Waals surface area contributed by atoms with Crippen LogP contribution in [-0.2, 0) is 0 Å². The number of hydrogen-bond acceptors (Lipinski definition) is 5. The Kier molecular flexibility index (Phi) is 3.28. The quantitative estimate of drug-likeness (QED) is 0.776. The van der Waals surface area contributed by atoms with Gasteiger partial charge >= 0.3 is 5.97 Å². The van der Waals surface area contributed by atoms with Gasteiger partial charge in [-0.25, -0.2) is 9.78 Å². The number of nitrogens with zero attached hydrogens (tertiary/aromatic N) is 2. The first-order chi connectivity index (χ1) is 6.15. The van der Waals surface area contributed by atoms with Crippen molar-refractivity contribution in [3.05, 3.63) is 9.88 Å². The minimum atomic E-state index is -0.981. The lowest BCUT2D eigenvalue weighted by Gasteiger charge is -1.91. The van der Waals surface area contributed by atoms with Gasteiger partial charge in [0, 0.05) is 0 Å². The fourth-order valence-corrected chi connectivity index (χ4v) is 2.37. The summed E-state index contributed by atoms with van der Waals surface area (Å²) in [6.45, 7) is 1.74. The minimum Gasteiger partial charge on any atom is -0.477 e. The number of carbonyl (C=O) groups is 1. The maximum Gasteiger partial charge on any atom is 0.348 e. The molecule has 13 heavy (non-hydrogen) atoms. The normalized spacial score (nSPS) is 9.54. The Labute approximate surface area is 83.2 Å². The molecule has 68 valence electrons. The fourth-order valence-electron chi connectivity index (χ4n) is 0.742. The van der Waals surface area contributed by atoms with Crippen molar-refractivity contribution < 1.29 is 9.90 Å². The first-order valence-electron chi connectivity index (χ1n) is 3.35. The lowest BCUT2D eigenvalue weighted by atomic mass is 10.6. The van der Waals surface area contributed by atoms with Crippen LogP contribution in [0, 0.1) is 18.3 Å². The number of rotatable bonds is 3. The summed E-state index contributed by atoms with van der Waals surface area (Å²) in [4.78, 5) is 14.9.